The summed E-state index contributed by atoms with van der Waals surface area (Å²) in [6.07, 6.45) is 7.84. The molecular weight excluding hydrogens is 450 g/mol. The Bertz CT molecular complexity index is 1060. The number of aromatic nitrogens is 3. The van der Waals surface area contributed by atoms with Gasteiger partial charge in [0.15, 0.2) is 11.6 Å². The summed E-state index contributed by atoms with van der Waals surface area (Å²) in [5.41, 5.74) is 8.41. The van der Waals surface area contributed by atoms with Crippen LogP contribution in [0.2, 0.25) is 0 Å². The van der Waals surface area contributed by atoms with Crippen molar-refractivity contribution < 1.29 is 13.5 Å². The molecule has 4 atom stereocenters. The molecule has 0 spiro atoms. The van der Waals surface area contributed by atoms with E-state index < -0.39 is 6.61 Å². The summed E-state index contributed by atoms with van der Waals surface area (Å²) in [7, 11) is 0. The SMILES string of the molecule is CCC(C)n1nc(-c2cnc(N)c(OC(F)F)c2)cc1C1C2CC(N3CCN4CCCC4C3)CC21. The van der Waals surface area contributed by atoms with Crippen LogP contribution in [-0.4, -0.2) is 69.4 Å². The summed E-state index contributed by atoms with van der Waals surface area (Å²) in [4.78, 5) is 9.54. The molecular formula is C26H36F2N6O. The van der Waals surface area contributed by atoms with Crippen LogP contribution < -0.4 is 10.5 Å². The van der Waals surface area contributed by atoms with Crippen molar-refractivity contribution in [2.75, 3.05) is 31.9 Å². The highest BCUT2D eigenvalue weighted by Crippen LogP contribution is 2.64. The number of ether oxygens (including phenoxy) is 1. The summed E-state index contributed by atoms with van der Waals surface area (Å²) < 4.78 is 32.3. The minimum Gasteiger partial charge on any atom is -0.431 e. The minimum atomic E-state index is -2.95. The molecule has 2 saturated heterocycles. The number of nitrogens with zero attached hydrogens (tertiary/aromatic N) is 5. The van der Waals surface area contributed by atoms with Gasteiger partial charge in [0.1, 0.15) is 0 Å². The third-order valence-electron chi connectivity index (χ3n) is 9.06. The zero-order valence-corrected chi connectivity index (χ0v) is 20.6. The third kappa shape index (κ3) is 4.20. The van der Waals surface area contributed by atoms with Crippen molar-refractivity contribution in [3.05, 3.63) is 24.0 Å². The first-order valence-corrected chi connectivity index (χ1v) is 13.2. The van der Waals surface area contributed by atoms with Crippen molar-refractivity contribution in [1.82, 2.24) is 24.6 Å². The molecule has 2 N–H and O–H groups in total. The molecule has 0 bridgehead atoms. The second-order valence-electron chi connectivity index (χ2n) is 10.9. The lowest BCUT2D eigenvalue weighted by molar-refractivity contribution is -0.0494. The number of hydrogen-bond acceptors (Lipinski definition) is 6. The second-order valence-corrected chi connectivity index (χ2v) is 10.9. The Kier molecular flexibility index (Phi) is 5.95. The highest BCUT2D eigenvalue weighted by molar-refractivity contribution is 5.64. The van der Waals surface area contributed by atoms with Crippen LogP contribution in [0.25, 0.3) is 11.3 Å². The number of hydrogen-bond donors (Lipinski definition) is 1. The third-order valence-corrected chi connectivity index (χ3v) is 9.06. The highest BCUT2D eigenvalue weighted by Gasteiger charge is 2.59. The Morgan fingerprint density at radius 3 is 2.63 bits per heavy atom. The molecule has 2 aliphatic carbocycles. The summed E-state index contributed by atoms with van der Waals surface area (Å²) in [6.45, 7) is 6.40. The van der Waals surface area contributed by atoms with E-state index in [1.807, 2.05) is 0 Å². The molecule has 4 fully saturated rings. The molecule has 0 aromatic carbocycles. The number of halogens is 2. The Morgan fingerprint density at radius 1 is 1.11 bits per heavy atom. The summed E-state index contributed by atoms with van der Waals surface area (Å²) in [5.74, 6) is 1.82. The van der Waals surface area contributed by atoms with Crippen LogP contribution in [0.5, 0.6) is 5.75 Å². The molecule has 4 unspecified atom stereocenters. The molecule has 0 radical (unpaired) electrons. The zero-order chi connectivity index (χ0) is 24.3. The summed E-state index contributed by atoms with van der Waals surface area (Å²) >= 11 is 0. The molecule has 2 saturated carbocycles. The average Bonchev–Trinajstić information content (AvgIpc) is 3.30. The largest absolute Gasteiger partial charge is 0.431 e. The average molecular weight is 487 g/mol. The van der Waals surface area contributed by atoms with Crippen molar-refractivity contribution in [2.45, 2.75) is 76.6 Å². The van der Waals surface area contributed by atoms with Gasteiger partial charge in [-0.05, 0) is 69.5 Å². The topological polar surface area (TPSA) is 72.4 Å². The first kappa shape index (κ1) is 23.2. The molecule has 0 amide bonds. The number of nitrogen functional groups attached to an aromatic ring is 1. The van der Waals surface area contributed by atoms with Gasteiger partial charge in [-0.2, -0.15) is 13.9 Å². The van der Waals surface area contributed by atoms with Gasteiger partial charge in [-0.15, -0.1) is 0 Å². The molecule has 9 heteroatoms. The lowest BCUT2D eigenvalue weighted by atomic mass is 10.0. The Balaban J connectivity index is 1.20. The van der Waals surface area contributed by atoms with Gasteiger partial charge in [0.2, 0.25) is 0 Å². The number of rotatable bonds is 7. The van der Waals surface area contributed by atoms with E-state index in [1.165, 1.54) is 63.6 Å². The van der Waals surface area contributed by atoms with Crippen LogP contribution in [0.4, 0.5) is 14.6 Å². The number of pyridine rings is 1. The van der Waals surface area contributed by atoms with Crippen LogP contribution in [-0.2, 0) is 0 Å². The van der Waals surface area contributed by atoms with Crippen LogP contribution in [0.1, 0.15) is 63.6 Å². The first-order chi connectivity index (χ1) is 16.9. The molecule has 2 aromatic rings. The number of piperazine rings is 1. The normalized spacial score (nSPS) is 31.5. The highest BCUT2D eigenvalue weighted by atomic mass is 19.3. The number of anilines is 1. The Labute approximate surface area is 205 Å². The number of nitrogens with two attached hydrogens (primary N) is 1. The zero-order valence-electron chi connectivity index (χ0n) is 20.6. The fourth-order valence-corrected chi connectivity index (χ4v) is 7.01. The molecule has 7 nitrogen and oxygen atoms in total. The lowest BCUT2D eigenvalue weighted by Gasteiger charge is -2.41. The lowest BCUT2D eigenvalue weighted by Crippen LogP contribution is -2.53. The molecule has 2 aromatic heterocycles. The first-order valence-electron chi connectivity index (χ1n) is 13.2. The predicted octanol–water partition coefficient (Wildman–Crippen LogP) is 4.37. The smallest absolute Gasteiger partial charge is 0.387 e. The van der Waals surface area contributed by atoms with Gasteiger partial charge in [-0.1, -0.05) is 6.92 Å². The quantitative estimate of drug-likeness (QED) is 0.627. The van der Waals surface area contributed by atoms with E-state index in [0.717, 1.165) is 36.0 Å². The molecule has 4 aliphatic rings. The van der Waals surface area contributed by atoms with E-state index >= 15 is 0 Å². The summed E-state index contributed by atoms with van der Waals surface area (Å²) in [5, 5.41) is 4.91. The molecule has 2 aliphatic heterocycles. The molecule has 6 rings (SSSR count). The monoisotopic (exact) mass is 486 g/mol. The maximum absolute atomic E-state index is 12.8. The van der Waals surface area contributed by atoms with Gasteiger partial charge < -0.3 is 10.5 Å². The van der Waals surface area contributed by atoms with E-state index in [2.05, 4.69) is 44.1 Å². The van der Waals surface area contributed by atoms with Crippen molar-refractivity contribution in [1.29, 1.82) is 0 Å². The van der Waals surface area contributed by atoms with Gasteiger partial charge in [-0.3, -0.25) is 14.5 Å². The van der Waals surface area contributed by atoms with Crippen LogP contribution in [0.3, 0.4) is 0 Å². The van der Waals surface area contributed by atoms with E-state index in [-0.39, 0.29) is 17.6 Å². The van der Waals surface area contributed by atoms with E-state index in [1.54, 1.807) is 6.20 Å². The summed E-state index contributed by atoms with van der Waals surface area (Å²) in [6, 6.07) is 5.43. The van der Waals surface area contributed by atoms with Gasteiger partial charge in [0, 0.05) is 61.1 Å². The van der Waals surface area contributed by atoms with Crippen molar-refractivity contribution >= 4 is 5.82 Å². The standard InChI is InChI=1S/C26H36F2N6O/c1-3-15(2)34-22(12-21(31-34)16-9-23(35-26(27)28)25(29)30-13-16)24-19-10-18(11-20(19)24)33-8-7-32-6-4-5-17(32)14-33/h9,12-13,15,17-20,24,26H,3-8,10-11,14H2,1-2H3,(H2,29,30). The van der Waals surface area contributed by atoms with E-state index in [9.17, 15) is 8.78 Å². The fraction of sp³-hybridized carbons (Fsp3) is 0.692. The minimum absolute atomic E-state index is 0.0446. The maximum Gasteiger partial charge on any atom is 0.387 e. The van der Waals surface area contributed by atoms with Gasteiger partial charge in [-0.25, -0.2) is 4.98 Å². The number of alkyl halides is 2. The van der Waals surface area contributed by atoms with Gasteiger partial charge in [0.05, 0.1) is 5.69 Å². The van der Waals surface area contributed by atoms with Crippen molar-refractivity contribution in [3.8, 4) is 17.0 Å². The molecule has 35 heavy (non-hydrogen) atoms. The van der Waals surface area contributed by atoms with Crippen molar-refractivity contribution in [2.24, 2.45) is 11.8 Å². The van der Waals surface area contributed by atoms with Gasteiger partial charge >= 0.3 is 6.61 Å². The predicted molar refractivity (Wildman–Crippen MR) is 130 cm³/mol. The fourth-order valence-electron chi connectivity index (χ4n) is 7.01. The Hall–Kier alpha value is -2.26. The van der Waals surface area contributed by atoms with Crippen molar-refractivity contribution in [3.63, 3.8) is 0 Å². The number of fused-ring (bicyclic) bond motifs is 2. The van der Waals surface area contributed by atoms with Crippen LogP contribution in [0.15, 0.2) is 18.3 Å². The van der Waals surface area contributed by atoms with Crippen LogP contribution in [0, 0.1) is 11.8 Å². The van der Waals surface area contributed by atoms with E-state index in [4.69, 9.17) is 10.8 Å². The van der Waals surface area contributed by atoms with Crippen LogP contribution >= 0.6 is 0 Å². The molecule has 4 heterocycles. The second kappa shape index (κ2) is 9.00. The maximum atomic E-state index is 12.8. The Morgan fingerprint density at radius 2 is 1.89 bits per heavy atom. The molecule has 190 valence electrons. The van der Waals surface area contributed by atoms with E-state index in [0.29, 0.717) is 11.5 Å². The van der Waals surface area contributed by atoms with Gasteiger partial charge in [0.25, 0.3) is 0 Å².